The van der Waals surface area contributed by atoms with Gasteiger partial charge in [0.1, 0.15) is 0 Å². The van der Waals surface area contributed by atoms with Crippen LogP contribution < -0.4 is 0 Å². The van der Waals surface area contributed by atoms with Crippen molar-refractivity contribution in [2.75, 3.05) is 0 Å². The molecular formula is C43H28N4S. The van der Waals surface area contributed by atoms with Gasteiger partial charge in [-0.3, -0.25) is 0 Å². The van der Waals surface area contributed by atoms with Crippen LogP contribution >= 0.6 is 11.3 Å². The van der Waals surface area contributed by atoms with Gasteiger partial charge in [0.05, 0.1) is 11.0 Å². The molecule has 1 aliphatic rings. The van der Waals surface area contributed by atoms with E-state index < -0.39 is 0 Å². The fourth-order valence-electron chi connectivity index (χ4n) is 7.17. The van der Waals surface area contributed by atoms with E-state index >= 15 is 0 Å². The van der Waals surface area contributed by atoms with Gasteiger partial charge in [0, 0.05) is 58.7 Å². The summed E-state index contributed by atoms with van der Waals surface area (Å²) in [4.78, 5) is 14.9. The number of para-hydroxylation sites is 1. The van der Waals surface area contributed by atoms with Crippen LogP contribution in [-0.4, -0.2) is 19.5 Å². The molecule has 0 saturated heterocycles. The molecule has 0 fully saturated rings. The average Bonchev–Trinajstić information content (AvgIpc) is 3.70. The Hall–Kier alpha value is -5.91. The predicted molar refractivity (Wildman–Crippen MR) is 202 cm³/mol. The van der Waals surface area contributed by atoms with Crippen molar-refractivity contribution < 1.29 is 0 Å². The fourth-order valence-corrected chi connectivity index (χ4v) is 8.29. The number of hydrogen-bond donors (Lipinski definition) is 0. The van der Waals surface area contributed by atoms with Crippen molar-refractivity contribution in [1.82, 2.24) is 19.5 Å². The van der Waals surface area contributed by atoms with Crippen LogP contribution in [0.15, 0.2) is 146 Å². The first-order chi connectivity index (χ1) is 23.8. The highest BCUT2D eigenvalue weighted by molar-refractivity contribution is 7.25. The Kier molecular flexibility index (Phi) is 6.14. The number of benzene rings is 6. The van der Waals surface area contributed by atoms with Crippen LogP contribution in [0.4, 0.5) is 0 Å². The van der Waals surface area contributed by atoms with E-state index in [-0.39, 0.29) is 0 Å². The van der Waals surface area contributed by atoms with E-state index in [1.54, 1.807) is 0 Å². The zero-order valence-electron chi connectivity index (χ0n) is 26.0. The molecule has 226 valence electrons. The summed E-state index contributed by atoms with van der Waals surface area (Å²) in [6.45, 7) is 0. The molecule has 10 rings (SSSR count). The summed E-state index contributed by atoms with van der Waals surface area (Å²) in [6, 6.07) is 45.6. The van der Waals surface area contributed by atoms with Crippen molar-refractivity contribution in [2.24, 2.45) is 0 Å². The van der Waals surface area contributed by atoms with Crippen LogP contribution in [0.3, 0.4) is 0 Å². The molecule has 0 saturated carbocycles. The minimum Gasteiger partial charge on any atom is -0.309 e. The molecule has 0 N–H and O–H groups in total. The van der Waals surface area contributed by atoms with Gasteiger partial charge in [-0.15, -0.1) is 11.3 Å². The highest BCUT2D eigenvalue weighted by Crippen LogP contribution is 2.40. The minimum absolute atomic E-state index is 0.689. The minimum atomic E-state index is 0.689. The lowest BCUT2D eigenvalue weighted by molar-refractivity contribution is 1.01. The summed E-state index contributed by atoms with van der Waals surface area (Å²) in [5.41, 5.74) is 6.65. The molecule has 48 heavy (non-hydrogen) atoms. The molecule has 0 bridgehead atoms. The summed E-state index contributed by atoms with van der Waals surface area (Å²) >= 11 is 1.83. The Bertz CT molecular complexity index is 2780. The van der Waals surface area contributed by atoms with Crippen LogP contribution in [0, 0.1) is 0 Å². The first-order valence-electron chi connectivity index (χ1n) is 16.4. The molecule has 0 atom stereocenters. The number of allylic oxidation sites excluding steroid dienone is 4. The maximum atomic E-state index is 5.01. The molecule has 1 aliphatic carbocycles. The lowest BCUT2D eigenvalue weighted by atomic mass is 10.1. The second kappa shape index (κ2) is 10.8. The summed E-state index contributed by atoms with van der Waals surface area (Å²) < 4.78 is 4.94. The Morgan fingerprint density at radius 2 is 1.29 bits per heavy atom. The van der Waals surface area contributed by atoms with Gasteiger partial charge in [-0.1, -0.05) is 109 Å². The highest BCUT2D eigenvalue weighted by atomic mass is 32.1. The fraction of sp³-hybridized carbons (Fsp3) is 0.0465. The van der Waals surface area contributed by atoms with Crippen molar-refractivity contribution in [3.05, 3.63) is 151 Å². The Morgan fingerprint density at radius 1 is 0.521 bits per heavy atom. The Morgan fingerprint density at radius 3 is 2.17 bits per heavy atom. The van der Waals surface area contributed by atoms with E-state index in [1.165, 1.54) is 58.4 Å². The van der Waals surface area contributed by atoms with Gasteiger partial charge in [0.2, 0.25) is 0 Å². The van der Waals surface area contributed by atoms with E-state index in [0.717, 1.165) is 29.5 Å². The molecule has 0 spiro atoms. The monoisotopic (exact) mass is 632 g/mol. The van der Waals surface area contributed by atoms with E-state index in [4.69, 9.17) is 15.0 Å². The normalized spacial score (nSPS) is 13.3. The molecule has 6 aromatic carbocycles. The molecule has 4 nitrogen and oxygen atoms in total. The van der Waals surface area contributed by atoms with Gasteiger partial charge in [-0.2, -0.15) is 0 Å². The molecule has 9 aromatic rings. The first-order valence-corrected chi connectivity index (χ1v) is 17.2. The maximum Gasteiger partial charge on any atom is 0.164 e. The Balaban J connectivity index is 1.14. The smallest absolute Gasteiger partial charge is 0.164 e. The average molecular weight is 633 g/mol. The summed E-state index contributed by atoms with van der Waals surface area (Å²) in [7, 11) is 0. The number of nitrogens with zero attached hydrogens (tertiary/aromatic N) is 4. The van der Waals surface area contributed by atoms with Crippen molar-refractivity contribution >= 4 is 69.7 Å². The molecular weight excluding hydrogens is 605 g/mol. The van der Waals surface area contributed by atoms with Gasteiger partial charge in [0.15, 0.2) is 17.5 Å². The van der Waals surface area contributed by atoms with Gasteiger partial charge >= 0.3 is 0 Å². The number of aromatic nitrogens is 4. The zero-order valence-corrected chi connectivity index (χ0v) is 26.8. The quantitative estimate of drug-likeness (QED) is 0.194. The topological polar surface area (TPSA) is 43.6 Å². The maximum absolute atomic E-state index is 5.01. The number of thiophene rings is 1. The van der Waals surface area contributed by atoms with Gasteiger partial charge < -0.3 is 4.57 Å². The molecule has 0 amide bonds. The van der Waals surface area contributed by atoms with Crippen LogP contribution in [0.25, 0.3) is 86.8 Å². The SMILES string of the molecule is C1=CC(c2nc(-c3ccccc3)nc(-c3ccc4sc5cc(-n6c7ccccc7c7ccc8ccccc8c76)ccc5c4c3)n2)=CCC1. The summed E-state index contributed by atoms with van der Waals surface area (Å²) in [5.74, 6) is 2.09. The Labute approximate surface area is 281 Å². The van der Waals surface area contributed by atoms with Crippen molar-refractivity contribution in [2.45, 2.75) is 12.8 Å². The largest absolute Gasteiger partial charge is 0.309 e. The van der Waals surface area contributed by atoms with Crippen LogP contribution in [0.2, 0.25) is 0 Å². The molecule has 5 heteroatoms. The third-order valence-electron chi connectivity index (χ3n) is 9.45. The summed E-state index contributed by atoms with van der Waals surface area (Å²) in [6.07, 6.45) is 8.59. The lowest BCUT2D eigenvalue weighted by Crippen LogP contribution is -2.03. The van der Waals surface area contributed by atoms with E-state index in [1.807, 2.05) is 29.5 Å². The van der Waals surface area contributed by atoms with Crippen LogP contribution in [0.5, 0.6) is 0 Å². The molecule has 0 radical (unpaired) electrons. The number of rotatable bonds is 4. The molecule has 0 aliphatic heterocycles. The number of hydrogen-bond acceptors (Lipinski definition) is 4. The third kappa shape index (κ3) is 4.32. The van der Waals surface area contributed by atoms with Crippen molar-refractivity contribution in [3.63, 3.8) is 0 Å². The molecule has 0 unspecified atom stereocenters. The standard InChI is InChI=1S/C43H28N4S/c1-3-12-28(13-4-1)41-44-42(29-14-5-2-6-15-29)46-43(45-41)30-20-24-38-36(25-30)34-23-21-31(26-39(34)48-38)47-37-18-10-9-17-33(37)35-22-19-27-11-7-8-16-32(27)40(35)47/h1,3-5,7-26H,2,6H2. The van der Waals surface area contributed by atoms with E-state index in [2.05, 4.69) is 132 Å². The predicted octanol–water partition coefficient (Wildman–Crippen LogP) is 11.6. The van der Waals surface area contributed by atoms with Crippen molar-refractivity contribution in [1.29, 1.82) is 0 Å². The van der Waals surface area contributed by atoms with Crippen LogP contribution in [-0.2, 0) is 0 Å². The lowest BCUT2D eigenvalue weighted by Gasteiger charge is -2.11. The van der Waals surface area contributed by atoms with Crippen molar-refractivity contribution in [3.8, 4) is 28.5 Å². The van der Waals surface area contributed by atoms with E-state index in [0.29, 0.717) is 17.5 Å². The second-order valence-electron chi connectivity index (χ2n) is 12.3. The van der Waals surface area contributed by atoms with Gasteiger partial charge in [0.25, 0.3) is 0 Å². The molecule has 3 aromatic heterocycles. The van der Waals surface area contributed by atoms with Gasteiger partial charge in [-0.25, -0.2) is 15.0 Å². The second-order valence-corrected chi connectivity index (χ2v) is 13.4. The molecule has 3 heterocycles. The third-order valence-corrected chi connectivity index (χ3v) is 10.6. The number of fused-ring (bicyclic) bond motifs is 8. The van der Waals surface area contributed by atoms with Gasteiger partial charge in [-0.05, 0) is 54.6 Å². The first kappa shape index (κ1) is 27.2. The van der Waals surface area contributed by atoms with E-state index in [9.17, 15) is 0 Å². The highest BCUT2D eigenvalue weighted by Gasteiger charge is 2.18. The summed E-state index contributed by atoms with van der Waals surface area (Å²) in [5, 5.41) is 7.51. The van der Waals surface area contributed by atoms with Crippen LogP contribution in [0.1, 0.15) is 18.7 Å². The zero-order chi connectivity index (χ0) is 31.6.